The Morgan fingerprint density at radius 3 is 2.25 bits per heavy atom. The number of rotatable bonds is 9. The van der Waals surface area contributed by atoms with Crippen molar-refractivity contribution < 1.29 is 27.5 Å². The molecule has 2 fully saturated rings. The SMILES string of the molecule is O=C(Nc1cccc(C(F)(F)F)c1)Nc1ccc(N2CCC(Cc3ccccc3)CC2)c(C(=O)NCCN2CCOCC2)c1. The lowest BCUT2D eigenvalue weighted by Gasteiger charge is -2.35. The fourth-order valence-electron chi connectivity index (χ4n) is 5.71. The van der Waals surface area contributed by atoms with Crippen molar-refractivity contribution in [3.05, 3.63) is 89.5 Å². The minimum absolute atomic E-state index is 0.00778. The van der Waals surface area contributed by atoms with Gasteiger partial charge in [-0.1, -0.05) is 36.4 Å². The highest BCUT2D eigenvalue weighted by Crippen LogP contribution is 2.32. The second-order valence-corrected chi connectivity index (χ2v) is 11.2. The van der Waals surface area contributed by atoms with Crippen molar-refractivity contribution in [2.24, 2.45) is 5.92 Å². The van der Waals surface area contributed by atoms with E-state index < -0.39 is 17.8 Å². The van der Waals surface area contributed by atoms with Crippen molar-refractivity contribution in [1.29, 1.82) is 0 Å². The zero-order valence-electron chi connectivity index (χ0n) is 24.5. The van der Waals surface area contributed by atoms with E-state index in [9.17, 15) is 22.8 Å². The zero-order valence-corrected chi connectivity index (χ0v) is 24.5. The van der Waals surface area contributed by atoms with Crippen LogP contribution in [0, 0.1) is 5.92 Å². The molecule has 2 aliphatic rings. The maximum atomic E-state index is 13.5. The summed E-state index contributed by atoms with van der Waals surface area (Å²) in [6.45, 7) is 5.75. The van der Waals surface area contributed by atoms with Gasteiger partial charge in [0.1, 0.15) is 0 Å². The smallest absolute Gasteiger partial charge is 0.379 e. The molecule has 3 amide bonds. The van der Waals surface area contributed by atoms with Crippen LogP contribution < -0.4 is 20.9 Å². The van der Waals surface area contributed by atoms with Crippen LogP contribution in [0.2, 0.25) is 0 Å². The molecule has 0 atom stereocenters. The normalized spacial score (nSPS) is 16.4. The maximum Gasteiger partial charge on any atom is 0.416 e. The molecule has 3 N–H and O–H groups in total. The van der Waals surface area contributed by atoms with Crippen molar-refractivity contribution in [2.75, 3.05) is 68.0 Å². The van der Waals surface area contributed by atoms with Crippen molar-refractivity contribution >= 4 is 29.0 Å². The first-order valence-electron chi connectivity index (χ1n) is 15.0. The fourth-order valence-corrected chi connectivity index (χ4v) is 5.71. The molecule has 3 aromatic rings. The highest BCUT2D eigenvalue weighted by atomic mass is 19.4. The number of alkyl halides is 3. The molecule has 2 saturated heterocycles. The average Bonchev–Trinajstić information content (AvgIpc) is 3.02. The van der Waals surface area contributed by atoms with E-state index in [0.717, 1.165) is 63.3 Å². The molecule has 8 nitrogen and oxygen atoms in total. The minimum atomic E-state index is -4.52. The Kier molecular flexibility index (Phi) is 10.4. The van der Waals surface area contributed by atoms with Crippen molar-refractivity contribution in [1.82, 2.24) is 10.2 Å². The third-order valence-corrected chi connectivity index (χ3v) is 8.09. The van der Waals surface area contributed by atoms with Crippen LogP contribution in [-0.2, 0) is 17.3 Å². The number of urea groups is 1. The van der Waals surface area contributed by atoms with Crippen molar-refractivity contribution in [3.8, 4) is 0 Å². The number of morpholine rings is 1. The summed E-state index contributed by atoms with van der Waals surface area (Å²) in [5, 5.41) is 8.14. The van der Waals surface area contributed by atoms with E-state index in [4.69, 9.17) is 4.74 Å². The number of carbonyl (C=O) groups is 2. The van der Waals surface area contributed by atoms with E-state index in [2.05, 4.69) is 50.0 Å². The molecule has 0 aliphatic carbocycles. The van der Waals surface area contributed by atoms with Crippen LogP contribution in [0.3, 0.4) is 0 Å². The first-order valence-corrected chi connectivity index (χ1v) is 15.0. The second-order valence-electron chi connectivity index (χ2n) is 11.2. The molecule has 3 aromatic carbocycles. The molecule has 0 saturated carbocycles. The van der Waals surface area contributed by atoms with E-state index in [1.54, 1.807) is 12.1 Å². The predicted molar refractivity (Wildman–Crippen MR) is 165 cm³/mol. The Hall–Kier alpha value is -4.09. The van der Waals surface area contributed by atoms with Gasteiger partial charge in [0.25, 0.3) is 5.91 Å². The molecule has 0 radical (unpaired) electrons. The molecule has 11 heteroatoms. The molecule has 0 spiro atoms. The van der Waals surface area contributed by atoms with Crippen LogP contribution in [-0.4, -0.2) is 69.3 Å². The van der Waals surface area contributed by atoms with Gasteiger partial charge in [0, 0.05) is 56.3 Å². The van der Waals surface area contributed by atoms with Gasteiger partial charge in [0.05, 0.1) is 24.3 Å². The Labute approximate surface area is 255 Å². The van der Waals surface area contributed by atoms with Gasteiger partial charge in [-0.05, 0) is 67.1 Å². The van der Waals surface area contributed by atoms with E-state index in [-0.39, 0.29) is 11.6 Å². The van der Waals surface area contributed by atoms with Crippen molar-refractivity contribution in [3.63, 3.8) is 0 Å². The van der Waals surface area contributed by atoms with E-state index in [1.807, 2.05) is 12.1 Å². The first-order chi connectivity index (χ1) is 21.2. The number of nitrogens with zero attached hydrogens (tertiary/aromatic N) is 2. The number of benzene rings is 3. The number of hydrogen-bond donors (Lipinski definition) is 3. The van der Waals surface area contributed by atoms with Gasteiger partial charge in [0.2, 0.25) is 0 Å². The van der Waals surface area contributed by atoms with Crippen molar-refractivity contribution in [2.45, 2.75) is 25.4 Å². The Balaban J connectivity index is 1.27. The van der Waals surface area contributed by atoms with E-state index >= 15 is 0 Å². The number of anilines is 3. The molecule has 234 valence electrons. The maximum absolute atomic E-state index is 13.5. The van der Waals surface area contributed by atoms with Crippen LogP contribution >= 0.6 is 0 Å². The Morgan fingerprint density at radius 1 is 0.841 bits per heavy atom. The Morgan fingerprint density at radius 2 is 1.55 bits per heavy atom. The van der Waals surface area contributed by atoms with Gasteiger partial charge in [-0.15, -0.1) is 0 Å². The minimum Gasteiger partial charge on any atom is -0.379 e. The average molecular weight is 610 g/mol. The first kappa shape index (κ1) is 31.3. The lowest BCUT2D eigenvalue weighted by atomic mass is 9.89. The van der Waals surface area contributed by atoms with E-state index in [0.29, 0.717) is 43.5 Å². The standard InChI is InChI=1S/C33H38F3N5O3/c34-33(35,36)26-7-4-8-27(22-26)38-32(43)39-28-9-10-30(29(23-28)31(42)37-13-16-40-17-19-44-20-18-40)41-14-11-25(12-15-41)21-24-5-2-1-3-6-24/h1-10,22-23,25H,11-21H2,(H,37,42)(H2,38,39,43). The summed E-state index contributed by atoms with van der Waals surface area (Å²) in [6, 6.07) is 19.3. The van der Waals surface area contributed by atoms with Crippen LogP contribution in [0.1, 0.15) is 34.3 Å². The van der Waals surface area contributed by atoms with Crippen LogP contribution in [0.25, 0.3) is 0 Å². The highest BCUT2D eigenvalue weighted by molar-refractivity contribution is 6.04. The fraction of sp³-hybridized carbons (Fsp3) is 0.394. The number of amides is 3. The number of carbonyl (C=O) groups excluding carboxylic acids is 2. The summed E-state index contributed by atoms with van der Waals surface area (Å²) >= 11 is 0. The third-order valence-electron chi connectivity index (χ3n) is 8.09. The summed E-state index contributed by atoms with van der Waals surface area (Å²) in [5.41, 5.74) is 2.05. The summed E-state index contributed by atoms with van der Waals surface area (Å²) in [5.74, 6) is 0.307. The molecule has 2 heterocycles. The molecule has 0 bridgehead atoms. The van der Waals surface area contributed by atoms with Gasteiger partial charge < -0.3 is 25.6 Å². The molecule has 2 aliphatic heterocycles. The summed E-state index contributed by atoms with van der Waals surface area (Å²) in [4.78, 5) is 30.7. The van der Waals surface area contributed by atoms with E-state index in [1.165, 1.54) is 17.7 Å². The lowest BCUT2D eigenvalue weighted by Crippen LogP contribution is -2.41. The zero-order chi connectivity index (χ0) is 30.9. The molecule has 5 rings (SSSR count). The molecular formula is C33H38F3N5O3. The van der Waals surface area contributed by atoms with Crippen LogP contribution in [0.4, 0.5) is 35.0 Å². The molecule has 0 aromatic heterocycles. The molecular weight excluding hydrogens is 571 g/mol. The highest BCUT2D eigenvalue weighted by Gasteiger charge is 2.30. The van der Waals surface area contributed by atoms with Gasteiger partial charge >= 0.3 is 12.2 Å². The van der Waals surface area contributed by atoms with Gasteiger partial charge in [-0.2, -0.15) is 13.2 Å². The number of piperidine rings is 1. The third kappa shape index (κ3) is 8.73. The van der Waals surface area contributed by atoms with Crippen LogP contribution in [0.15, 0.2) is 72.8 Å². The quantitative estimate of drug-likeness (QED) is 0.283. The van der Waals surface area contributed by atoms with Crippen LogP contribution in [0.5, 0.6) is 0 Å². The monoisotopic (exact) mass is 609 g/mol. The Bertz CT molecular complexity index is 1410. The largest absolute Gasteiger partial charge is 0.416 e. The molecule has 44 heavy (non-hydrogen) atoms. The summed E-state index contributed by atoms with van der Waals surface area (Å²) < 4.78 is 44.7. The van der Waals surface area contributed by atoms with Gasteiger partial charge in [-0.25, -0.2) is 4.79 Å². The number of ether oxygens (including phenoxy) is 1. The molecule has 0 unspecified atom stereocenters. The van der Waals surface area contributed by atoms with Gasteiger partial charge in [-0.3, -0.25) is 9.69 Å². The second kappa shape index (κ2) is 14.6. The van der Waals surface area contributed by atoms with Gasteiger partial charge in [0.15, 0.2) is 0 Å². The number of hydrogen-bond acceptors (Lipinski definition) is 5. The number of nitrogens with one attached hydrogen (secondary N) is 3. The lowest BCUT2D eigenvalue weighted by molar-refractivity contribution is -0.137. The predicted octanol–water partition coefficient (Wildman–Crippen LogP) is 5.87. The number of halogens is 3. The summed E-state index contributed by atoms with van der Waals surface area (Å²) in [7, 11) is 0. The topological polar surface area (TPSA) is 85.9 Å². The summed E-state index contributed by atoms with van der Waals surface area (Å²) in [6.07, 6.45) is -1.52.